The summed E-state index contributed by atoms with van der Waals surface area (Å²) in [6, 6.07) is 7.72. The number of carbonyl (C=O) groups excluding carboxylic acids is 1. The molecule has 1 aromatic carbocycles. The van der Waals surface area contributed by atoms with Crippen LogP contribution in [-0.4, -0.2) is 15.9 Å². The standard InChI is InChI=1S/C17H23N3O2/c1-3-13(2)10-17(21)20-11-14-6-4-5-7-15(14)22-12-16-18-8-9-19-16/h4-9,13H,3,10-12H2,1-2H3,(H,18,19)(H,20,21). The van der Waals surface area contributed by atoms with Crippen molar-refractivity contribution < 1.29 is 9.53 Å². The quantitative estimate of drug-likeness (QED) is 0.787. The van der Waals surface area contributed by atoms with Gasteiger partial charge < -0.3 is 15.0 Å². The SMILES string of the molecule is CCC(C)CC(=O)NCc1ccccc1OCc1ncc[nH]1. The van der Waals surface area contributed by atoms with E-state index in [0.29, 0.717) is 25.5 Å². The van der Waals surface area contributed by atoms with Crippen molar-refractivity contribution in [1.29, 1.82) is 0 Å². The Labute approximate surface area is 131 Å². The molecule has 22 heavy (non-hydrogen) atoms. The lowest BCUT2D eigenvalue weighted by Crippen LogP contribution is -2.24. The maximum Gasteiger partial charge on any atom is 0.220 e. The van der Waals surface area contributed by atoms with Crippen LogP contribution in [0, 0.1) is 5.92 Å². The van der Waals surface area contributed by atoms with Gasteiger partial charge in [0.15, 0.2) is 0 Å². The zero-order chi connectivity index (χ0) is 15.8. The zero-order valence-electron chi connectivity index (χ0n) is 13.1. The van der Waals surface area contributed by atoms with Gasteiger partial charge in [-0.1, -0.05) is 38.5 Å². The molecule has 0 saturated heterocycles. The Balaban J connectivity index is 1.89. The minimum absolute atomic E-state index is 0.0789. The number of hydrogen-bond acceptors (Lipinski definition) is 3. The van der Waals surface area contributed by atoms with Gasteiger partial charge in [-0.2, -0.15) is 0 Å². The number of imidazole rings is 1. The van der Waals surface area contributed by atoms with E-state index in [9.17, 15) is 4.79 Å². The molecule has 2 N–H and O–H groups in total. The number of rotatable bonds is 8. The van der Waals surface area contributed by atoms with E-state index in [1.807, 2.05) is 24.3 Å². The molecular weight excluding hydrogens is 278 g/mol. The van der Waals surface area contributed by atoms with E-state index in [-0.39, 0.29) is 5.91 Å². The fourth-order valence-electron chi connectivity index (χ4n) is 2.04. The maximum atomic E-state index is 11.9. The molecule has 118 valence electrons. The van der Waals surface area contributed by atoms with Crippen LogP contribution >= 0.6 is 0 Å². The molecule has 5 nitrogen and oxygen atoms in total. The van der Waals surface area contributed by atoms with Crippen LogP contribution in [0.3, 0.4) is 0 Å². The van der Waals surface area contributed by atoms with E-state index < -0.39 is 0 Å². The number of carbonyl (C=O) groups is 1. The molecule has 0 saturated carbocycles. The number of aromatic nitrogens is 2. The third kappa shape index (κ3) is 4.91. The summed E-state index contributed by atoms with van der Waals surface area (Å²) in [4.78, 5) is 19.0. The van der Waals surface area contributed by atoms with Gasteiger partial charge in [-0.25, -0.2) is 4.98 Å². The second-order valence-corrected chi connectivity index (χ2v) is 5.43. The molecule has 1 heterocycles. The third-order valence-electron chi connectivity index (χ3n) is 3.60. The second kappa shape index (κ2) is 8.22. The fourth-order valence-corrected chi connectivity index (χ4v) is 2.04. The van der Waals surface area contributed by atoms with Crippen molar-refractivity contribution in [2.45, 2.75) is 39.8 Å². The number of nitrogens with one attached hydrogen (secondary N) is 2. The highest BCUT2D eigenvalue weighted by Crippen LogP contribution is 2.19. The molecule has 0 fully saturated rings. The molecule has 1 amide bonds. The number of H-pyrrole nitrogens is 1. The summed E-state index contributed by atoms with van der Waals surface area (Å²) >= 11 is 0. The van der Waals surface area contributed by atoms with Gasteiger partial charge in [0.05, 0.1) is 0 Å². The van der Waals surface area contributed by atoms with Crippen molar-refractivity contribution >= 4 is 5.91 Å². The Hall–Kier alpha value is -2.30. The monoisotopic (exact) mass is 301 g/mol. The molecule has 0 spiro atoms. The predicted molar refractivity (Wildman–Crippen MR) is 85.3 cm³/mol. The number of nitrogens with zero attached hydrogens (tertiary/aromatic N) is 1. The van der Waals surface area contributed by atoms with Gasteiger partial charge in [0.25, 0.3) is 0 Å². The van der Waals surface area contributed by atoms with E-state index in [0.717, 1.165) is 23.6 Å². The average Bonchev–Trinajstić information content (AvgIpc) is 3.05. The summed E-state index contributed by atoms with van der Waals surface area (Å²) in [5.74, 6) is 2.03. The van der Waals surface area contributed by atoms with Crippen molar-refractivity contribution in [2.75, 3.05) is 0 Å². The predicted octanol–water partition coefficient (Wildman–Crippen LogP) is 3.04. The molecule has 0 aliphatic rings. The Bertz CT molecular complexity index is 581. The highest BCUT2D eigenvalue weighted by Gasteiger charge is 2.09. The fraction of sp³-hybridized carbons (Fsp3) is 0.412. The third-order valence-corrected chi connectivity index (χ3v) is 3.60. The molecule has 0 aliphatic heterocycles. The second-order valence-electron chi connectivity index (χ2n) is 5.43. The van der Waals surface area contributed by atoms with Crippen molar-refractivity contribution in [3.05, 3.63) is 48.0 Å². The Kier molecular flexibility index (Phi) is 6.01. The van der Waals surface area contributed by atoms with Gasteiger partial charge in [0.2, 0.25) is 5.91 Å². The Morgan fingerprint density at radius 3 is 2.95 bits per heavy atom. The lowest BCUT2D eigenvalue weighted by atomic mass is 10.0. The molecular formula is C17H23N3O2. The lowest BCUT2D eigenvalue weighted by Gasteiger charge is -2.12. The summed E-state index contributed by atoms with van der Waals surface area (Å²) in [5.41, 5.74) is 0.964. The van der Waals surface area contributed by atoms with E-state index in [1.165, 1.54) is 0 Å². The van der Waals surface area contributed by atoms with E-state index >= 15 is 0 Å². The number of para-hydroxylation sites is 1. The van der Waals surface area contributed by atoms with Gasteiger partial charge in [-0.05, 0) is 12.0 Å². The first-order chi connectivity index (χ1) is 10.7. The molecule has 1 atom stereocenters. The van der Waals surface area contributed by atoms with Crippen molar-refractivity contribution in [3.63, 3.8) is 0 Å². The van der Waals surface area contributed by atoms with Crippen molar-refractivity contribution in [3.8, 4) is 5.75 Å². The molecule has 5 heteroatoms. The first kappa shape index (κ1) is 16.1. The summed E-state index contributed by atoms with van der Waals surface area (Å²) in [5, 5.41) is 2.96. The van der Waals surface area contributed by atoms with Crippen LogP contribution in [0.15, 0.2) is 36.7 Å². The number of ether oxygens (including phenoxy) is 1. The normalized spacial score (nSPS) is 11.9. The first-order valence-electron chi connectivity index (χ1n) is 7.64. The molecule has 2 rings (SSSR count). The van der Waals surface area contributed by atoms with Crippen LogP contribution in [0.1, 0.15) is 38.1 Å². The zero-order valence-corrected chi connectivity index (χ0v) is 13.1. The van der Waals surface area contributed by atoms with Gasteiger partial charge in [0, 0.05) is 30.9 Å². The lowest BCUT2D eigenvalue weighted by molar-refractivity contribution is -0.122. The van der Waals surface area contributed by atoms with E-state index in [2.05, 4.69) is 29.1 Å². The van der Waals surface area contributed by atoms with Gasteiger partial charge in [-0.3, -0.25) is 4.79 Å². The molecule has 1 aromatic heterocycles. The summed E-state index contributed by atoms with van der Waals surface area (Å²) in [6.07, 6.45) is 5.03. The van der Waals surface area contributed by atoms with E-state index in [1.54, 1.807) is 12.4 Å². The van der Waals surface area contributed by atoms with Crippen LogP contribution < -0.4 is 10.1 Å². The van der Waals surface area contributed by atoms with Crippen molar-refractivity contribution in [2.24, 2.45) is 5.92 Å². The largest absolute Gasteiger partial charge is 0.485 e. The maximum absolute atomic E-state index is 11.9. The molecule has 0 radical (unpaired) electrons. The number of benzene rings is 1. The first-order valence-corrected chi connectivity index (χ1v) is 7.64. The smallest absolute Gasteiger partial charge is 0.220 e. The van der Waals surface area contributed by atoms with Crippen LogP contribution in [0.2, 0.25) is 0 Å². The van der Waals surface area contributed by atoms with Crippen LogP contribution in [0.4, 0.5) is 0 Å². The minimum Gasteiger partial charge on any atom is -0.485 e. The van der Waals surface area contributed by atoms with Crippen molar-refractivity contribution in [1.82, 2.24) is 15.3 Å². The molecule has 0 aliphatic carbocycles. The average molecular weight is 301 g/mol. The summed E-state index contributed by atoms with van der Waals surface area (Å²) < 4.78 is 5.77. The van der Waals surface area contributed by atoms with Crippen LogP contribution in [0.25, 0.3) is 0 Å². The Morgan fingerprint density at radius 2 is 2.23 bits per heavy atom. The topological polar surface area (TPSA) is 67.0 Å². The number of hydrogen-bond donors (Lipinski definition) is 2. The molecule has 1 unspecified atom stereocenters. The van der Waals surface area contributed by atoms with Crippen LogP contribution in [-0.2, 0) is 17.9 Å². The van der Waals surface area contributed by atoms with Gasteiger partial charge in [0.1, 0.15) is 18.2 Å². The number of amides is 1. The number of aromatic amines is 1. The molecule has 2 aromatic rings. The van der Waals surface area contributed by atoms with Crippen LogP contribution in [0.5, 0.6) is 5.75 Å². The van der Waals surface area contributed by atoms with E-state index in [4.69, 9.17) is 4.74 Å². The molecule has 0 bridgehead atoms. The highest BCUT2D eigenvalue weighted by molar-refractivity contribution is 5.76. The van der Waals surface area contributed by atoms with Gasteiger partial charge in [-0.15, -0.1) is 0 Å². The highest BCUT2D eigenvalue weighted by atomic mass is 16.5. The Morgan fingerprint density at radius 1 is 1.41 bits per heavy atom. The van der Waals surface area contributed by atoms with Gasteiger partial charge >= 0.3 is 0 Å². The summed E-state index contributed by atoms with van der Waals surface area (Å²) in [6.45, 7) is 5.03. The minimum atomic E-state index is 0.0789. The summed E-state index contributed by atoms with van der Waals surface area (Å²) in [7, 11) is 0.